The lowest BCUT2D eigenvalue weighted by Gasteiger charge is -2.30. The van der Waals surface area contributed by atoms with Crippen molar-refractivity contribution in [2.24, 2.45) is 5.41 Å². The van der Waals surface area contributed by atoms with E-state index >= 15 is 0 Å². The smallest absolute Gasteiger partial charge is 0.00176 e. The van der Waals surface area contributed by atoms with Gasteiger partial charge in [0.25, 0.3) is 0 Å². The van der Waals surface area contributed by atoms with E-state index in [1.54, 1.807) is 5.57 Å². The summed E-state index contributed by atoms with van der Waals surface area (Å²) in [5.41, 5.74) is 14.4. The second-order valence-electron chi connectivity index (χ2n) is 17.8. The van der Waals surface area contributed by atoms with Crippen LogP contribution in [-0.4, -0.2) is 0 Å². The Balaban J connectivity index is 1.29. The zero-order valence-corrected chi connectivity index (χ0v) is 31.8. The molecular weight excluding hydrogens is 601 g/mol. The van der Waals surface area contributed by atoms with Crippen molar-refractivity contribution in [2.45, 2.75) is 99.3 Å². The summed E-state index contributed by atoms with van der Waals surface area (Å²) in [5.74, 6) is 0.905. The first-order chi connectivity index (χ1) is 23.7. The Morgan fingerprint density at radius 1 is 0.480 bits per heavy atom. The summed E-state index contributed by atoms with van der Waals surface area (Å²) in [4.78, 5) is 0. The third-order valence-electron chi connectivity index (χ3n) is 11.6. The van der Waals surface area contributed by atoms with E-state index in [4.69, 9.17) is 0 Å². The largest absolute Gasteiger partial charge is 0.0639 e. The van der Waals surface area contributed by atoms with Crippen molar-refractivity contribution in [3.05, 3.63) is 124 Å². The highest BCUT2D eigenvalue weighted by atomic mass is 14.3. The summed E-state index contributed by atoms with van der Waals surface area (Å²) in [6.45, 7) is 23.4. The van der Waals surface area contributed by atoms with E-state index in [2.05, 4.69) is 166 Å². The Morgan fingerprint density at radius 2 is 1.06 bits per heavy atom. The number of fused-ring (bicyclic) bond motifs is 2. The minimum atomic E-state index is 0.0780. The van der Waals surface area contributed by atoms with Crippen LogP contribution >= 0.6 is 0 Å². The van der Waals surface area contributed by atoms with E-state index in [0.29, 0.717) is 11.8 Å². The average molecular weight is 653 g/mol. The lowest BCUT2D eigenvalue weighted by molar-refractivity contribution is 0.484. The molecule has 1 aliphatic rings. The molecule has 0 unspecified atom stereocenters. The Hall–Kier alpha value is -4.42. The van der Waals surface area contributed by atoms with Crippen LogP contribution in [0.25, 0.3) is 71.4 Å². The molecule has 0 saturated carbocycles. The maximum Gasteiger partial charge on any atom is -0.00176 e. The van der Waals surface area contributed by atoms with Crippen LogP contribution < -0.4 is 0 Å². The van der Waals surface area contributed by atoms with E-state index in [9.17, 15) is 0 Å². The molecule has 0 atom stereocenters. The van der Waals surface area contributed by atoms with Crippen LogP contribution in [0.2, 0.25) is 0 Å². The van der Waals surface area contributed by atoms with Crippen LogP contribution in [-0.2, 0) is 11.8 Å². The Labute approximate surface area is 299 Å². The highest BCUT2D eigenvalue weighted by Gasteiger charge is 2.26. The second kappa shape index (κ2) is 11.6. The Bertz CT molecular complexity index is 2480. The fourth-order valence-corrected chi connectivity index (χ4v) is 8.65. The van der Waals surface area contributed by atoms with Gasteiger partial charge in [-0.25, -0.2) is 0 Å². The molecule has 7 aromatic carbocycles. The first kappa shape index (κ1) is 32.8. The molecule has 0 N–H and O–H groups in total. The Morgan fingerprint density at radius 3 is 1.70 bits per heavy atom. The van der Waals surface area contributed by atoms with Crippen molar-refractivity contribution in [1.29, 1.82) is 0 Å². The molecule has 50 heavy (non-hydrogen) atoms. The van der Waals surface area contributed by atoms with E-state index < -0.39 is 0 Å². The predicted molar refractivity (Wildman–Crippen MR) is 221 cm³/mol. The lowest BCUT2D eigenvalue weighted by Crippen LogP contribution is -2.16. The molecule has 0 fully saturated rings. The van der Waals surface area contributed by atoms with Gasteiger partial charge in [-0.15, -0.1) is 0 Å². The third-order valence-corrected chi connectivity index (χ3v) is 11.6. The van der Waals surface area contributed by atoms with Crippen molar-refractivity contribution in [2.75, 3.05) is 0 Å². The molecule has 0 aliphatic heterocycles. The quantitative estimate of drug-likeness (QED) is 0.166. The van der Waals surface area contributed by atoms with Gasteiger partial charge in [-0.3, -0.25) is 0 Å². The number of allylic oxidation sites excluding steroid dienone is 1. The standard InChI is InChI=1S/C50H52/c1-29(2)39-18-15-31-16-19-42-44(30(3)4)28-46(43-22-21-41(39)47(31)48(42)43)35-14-12-32-23-34(13-11-33(32)24-35)45-27-38(50(8,9)10)26-36-25-37(49(5,6)7)17-20-40(36)45/h11-16,18-19,21-30H,17,20H2,1-10H3. The fraction of sp³-hybridized carbons (Fsp3) is 0.320. The summed E-state index contributed by atoms with van der Waals surface area (Å²) in [6.07, 6.45) is 4.73. The molecule has 0 nitrogen and oxygen atoms in total. The number of benzene rings is 7. The van der Waals surface area contributed by atoms with Crippen molar-refractivity contribution in [1.82, 2.24) is 0 Å². The van der Waals surface area contributed by atoms with Crippen molar-refractivity contribution in [3.63, 3.8) is 0 Å². The summed E-state index contributed by atoms with van der Waals surface area (Å²) in [6, 6.07) is 35.9. The molecule has 0 bridgehead atoms. The molecule has 0 spiro atoms. The van der Waals surface area contributed by atoms with Gasteiger partial charge < -0.3 is 0 Å². The summed E-state index contributed by atoms with van der Waals surface area (Å²) >= 11 is 0. The van der Waals surface area contributed by atoms with E-state index in [1.807, 2.05) is 0 Å². The van der Waals surface area contributed by atoms with Gasteiger partial charge in [0.2, 0.25) is 0 Å². The highest BCUT2D eigenvalue weighted by Crippen LogP contribution is 2.46. The normalized spacial score (nSPS) is 14.1. The van der Waals surface area contributed by atoms with Crippen molar-refractivity contribution in [3.8, 4) is 22.3 Å². The molecule has 0 saturated heterocycles. The molecule has 7 aromatic rings. The average Bonchev–Trinajstić information content (AvgIpc) is 3.08. The van der Waals surface area contributed by atoms with Crippen LogP contribution in [0.5, 0.6) is 0 Å². The van der Waals surface area contributed by atoms with E-state index in [0.717, 1.165) is 12.8 Å². The Kier molecular flexibility index (Phi) is 7.58. The molecule has 8 rings (SSSR count). The first-order valence-corrected chi connectivity index (χ1v) is 18.9. The second-order valence-corrected chi connectivity index (χ2v) is 17.8. The minimum Gasteiger partial charge on any atom is -0.0639 e. The van der Waals surface area contributed by atoms with Crippen LogP contribution in [0.4, 0.5) is 0 Å². The van der Waals surface area contributed by atoms with Gasteiger partial charge in [0.15, 0.2) is 0 Å². The van der Waals surface area contributed by atoms with Gasteiger partial charge in [-0.1, -0.05) is 154 Å². The summed E-state index contributed by atoms with van der Waals surface area (Å²) < 4.78 is 0. The number of hydrogen-bond donors (Lipinski definition) is 0. The molecule has 0 heteroatoms. The maximum atomic E-state index is 2.50. The summed E-state index contributed by atoms with van der Waals surface area (Å²) in [5, 5.41) is 10.9. The van der Waals surface area contributed by atoms with Crippen LogP contribution in [0.15, 0.2) is 96.6 Å². The number of rotatable bonds is 4. The van der Waals surface area contributed by atoms with Crippen molar-refractivity contribution < 1.29 is 0 Å². The van der Waals surface area contributed by atoms with Crippen LogP contribution in [0.1, 0.15) is 115 Å². The molecular formula is C50H52. The first-order valence-electron chi connectivity index (χ1n) is 18.9. The summed E-state index contributed by atoms with van der Waals surface area (Å²) in [7, 11) is 0. The van der Waals surface area contributed by atoms with Crippen molar-refractivity contribution >= 4 is 49.2 Å². The highest BCUT2D eigenvalue weighted by molar-refractivity contribution is 6.27. The topological polar surface area (TPSA) is 0 Å². The van der Waals surface area contributed by atoms with Crippen LogP contribution in [0, 0.1) is 5.41 Å². The zero-order valence-electron chi connectivity index (χ0n) is 31.8. The van der Waals surface area contributed by atoms with Gasteiger partial charge in [0.1, 0.15) is 0 Å². The van der Waals surface area contributed by atoms with Gasteiger partial charge in [-0.2, -0.15) is 0 Å². The molecule has 0 heterocycles. The van der Waals surface area contributed by atoms with E-state index in [1.165, 1.54) is 93.2 Å². The SMILES string of the molecule is CC(C)c1ccc2ccc3c(C(C)C)cc(-c4ccc5cc(-c6cc(C(C)(C)C)cc7c6CCC(C(C)(C)C)=C7)ccc5c4)c4ccc1c2c43. The van der Waals surface area contributed by atoms with Gasteiger partial charge in [0, 0.05) is 0 Å². The van der Waals surface area contributed by atoms with E-state index in [-0.39, 0.29) is 10.8 Å². The molecule has 0 amide bonds. The predicted octanol–water partition coefficient (Wildman–Crippen LogP) is 15.0. The zero-order chi connectivity index (χ0) is 35.3. The fourth-order valence-electron chi connectivity index (χ4n) is 8.65. The van der Waals surface area contributed by atoms with Gasteiger partial charge in [0.05, 0.1) is 0 Å². The monoisotopic (exact) mass is 652 g/mol. The molecule has 0 radical (unpaired) electrons. The maximum absolute atomic E-state index is 2.50. The lowest BCUT2D eigenvalue weighted by atomic mass is 9.75. The molecule has 252 valence electrons. The minimum absolute atomic E-state index is 0.0780. The molecule has 1 aliphatic carbocycles. The van der Waals surface area contributed by atoms with Gasteiger partial charge in [-0.05, 0) is 147 Å². The third kappa shape index (κ3) is 5.35. The molecule has 0 aromatic heterocycles. The van der Waals surface area contributed by atoms with Gasteiger partial charge >= 0.3 is 0 Å². The number of hydrogen-bond acceptors (Lipinski definition) is 0. The van der Waals surface area contributed by atoms with Crippen LogP contribution in [0.3, 0.4) is 0 Å².